The number of nitrogens with zero attached hydrogens (tertiary/aromatic N) is 3. The Bertz CT molecular complexity index is 1120. The second-order valence-corrected chi connectivity index (χ2v) is 6.16. The van der Waals surface area contributed by atoms with E-state index in [0.717, 1.165) is 10.7 Å². The van der Waals surface area contributed by atoms with E-state index in [0.29, 0.717) is 11.6 Å². The molecule has 0 aliphatic rings. The van der Waals surface area contributed by atoms with E-state index in [4.69, 9.17) is 16.9 Å². The van der Waals surface area contributed by atoms with Crippen molar-refractivity contribution in [3.05, 3.63) is 76.9 Å². The van der Waals surface area contributed by atoms with Gasteiger partial charge >= 0.3 is 6.18 Å². The zero-order valence-electron chi connectivity index (χ0n) is 14.5. The molecule has 148 valence electrons. The standard InChI is InChI=1S/C19H11ClF4N4O/c20-9-11-4-5-14(21)15(7-11)26-18(29)16-8-17(19(22,23)24)27-28(16)13-3-1-2-12(6-13)10-25/h1-8H,9H2,(H,26,29). The summed E-state index contributed by atoms with van der Waals surface area (Å²) in [6.45, 7) is 0. The predicted octanol–water partition coefficient (Wildman–Crippen LogP) is 4.89. The Morgan fingerprint density at radius 1 is 1.21 bits per heavy atom. The van der Waals surface area contributed by atoms with Crippen molar-refractivity contribution < 1.29 is 22.4 Å². The van der Waals surface area contributed by atoms with Crippen LogP contribution in [0.4, 0.5) is 23.2 Å². The predicted molar refractivity (Wildman–Crippen MR) is 97.2 cm³/mol. The van der Waals surface area contributed by atoms with Crippen LogP contribution in [0, 0.1) is 17.1 Å². The number of aromatic nitrogens is 2. The molecule has 29 heavy (non-hydrogen) atoms. The van der Waals surface area contributed by atoms with Crippen LogP contribution in [0.5, 0.6) is 0 Å². The van der Waals surface area contributed by atoms with Gasteiger partial charge in [-0.2, -0.15) is 23.5 Å². The number of rotatable bonds is 4. The molecule has 0 aliphatic heterocycles. The average molecular weight is 423 g/mol. The number of hydrogen-bond donors (Lipinski definition) is 1. The number of amides is 1. The molecule has 1 amide bonds. The van der Waals surface area contributed by atoms with Crippen LogP contribution in [-0.4, -0.2) is 15.7 Å². The van der Waals surface area contributed by atoms with E-state index in [-0.39, 0.29) is 22.8 Å². The SMILES string of the molecule is N#Cc1cccc(-n2nc(C(F)(F)F)cc2C(=O)Nc2cc(CCl)ccc2F)c1. The van der Waals surface area contributed by atoms with Gasteiger partial charge in [-0.05, 0) is 35.9 Å². The topological polar surface area (TPSA) is 70.7 Å². The van der Waals surface area contributed by atoms with Gasteiger partial charge in [0.1, 0.15) is 11.5 Å². The zero-order valence-corrected chi connectivity index (χ0v) is 15.2. The molecular weight excluding hydrogens is 412 g/mol. The first-order chi connectivity index (χ1) is 13.7. The summed E-state index contributed by atoms with van der Waals surface area (Å²) in [6.07, 6.45) is -4.81. The largest absolute Gasteiger partial charge is 0.435 e. The third-order valence-electron chi connectivity index (χ3n) is 3.89. The molecular formula is C19H11ClF4N4O. The molecule has 0 bridgehead atoms. The molecule has 0 fully saturated rings. The maximum atomic E-state index is 14.0. The number of anilines is 1. The molecule has 0 radical (unpaired) electrons. The second kappa shape index (κ2) is 7.93. The Hall–Kier alpha value is -3.38. The lowest BCUT2D eigenvalue weighted by Gasteiger charge is -2.10. The molecule has 0 spiro atoms. The van der Waals surface area contributed by atoms with Crippen LogP contribution in [-0.2, 0) is 12.1 Å². The number of carbonyl (C=O) groups excluding carboxylic acids is 1. The number of benzene rings is 2. The molecule has 0 aliphatic carbocycles. The van der Waals surface area contributed by atoms with Crippen LogP contribution >= 0.6 is 11.6 Å². The van der Waals surface area contributed by atoms with Gasteiger partial charge in [0.05, 0.1) is 23.0 Å². The highest BCUT2D eigenvalue weighted by Crippen LogP contribution is 2.30. The van der Waals surface area contributed by atoms with Gasteiger partial charge in [0.15, 0.2) is 5.69 Å². The van der Waals surface area contributed by atoms with Gasteiger partial charge in [-0.25, -0.2) is 9.07 Å². The lowest BCUT2D eigenvalue weighted by molar-refractivity contribution is -0.141. The monoisotopic (exact) mass is 422 g/mol. The minimum absolute atomic E-state index is 0.0558. The van der Waals surface area contributed by atoms with Gasteiger partial charge in [-0.3, -0.25) is 4.79 Å². The van der Waals surface area contributed by atoms with E-state index in [1.165, 1.54) is 36.4 Å². The van der Waals surface area contributed by atoms with Gasteiger partial charge in [0.2, 0.25) is 0 Å². The first-order valence-electron chi connectivity index (χ1n) is 8.06. The lowest BCUT2D eigenvalue weighted by Crippen LogP contribution is -2.18. The summed E-state index contributed by atoms with van der Waals surface area (Å²) in [5.41, 5.74) is -1.28. The van der Waals surface area contributed by atoms with Crippen LogP contribution in [0.2, 0.25) is 0 Å². The fourth-order valence-corrected chi connectivity index (χ4v) is 2.69. The van der Waals surface area contributed by atoms with Crippen molar-refractivity contribution in [3.63, 3.8) is 0 Å². The molecule has 5 nitrogen and oxygen atoms in total. The summed E-state index contributed by atoms with van der Waals surface area (Å²) in [5.74, 6) is -1.73. The molecule has 0 saturated carbocycles. The first-order valence-corrected chi connectivity index (χ1v) is 8.60. The van der Waals surface area contributed by atoms with E-state index in [9.17, 15) is 22.4 Å². The van der Waals surface area contributed by atoms with E-state index in [1.807, 2.05) is 6.07 Å². The van der Waals surface area contributed by atoms with Crippen LogP contribution in [0.1, 0.15) is 27.3 Å². The molecule has 1 N–H and O–H groups in total. The third kappa shape index (κ3) is 4.38. The Balaban J connectivity index is 2.07. The van der Waals surface area contributed by atoms with Crippen molar-refractivity contribution in [1.29, 1.82) is 5.26 Å². The third-order valence-corrected chi connectivity index (χ3v) is 4.19. The minimum atomic E-state index is -4.81. The average Bonchev–Trinajstić information content (AvgIpc) is 3.16. The molecule has 3 rings (SSSR count). The van der Waals surface area contributed by atoms with Gasteiger partial charge < -0.3 is 5.32 Å². The molecule has 1 aromatic heterocycles. The summed E-state index contributed by atoms with van der Waals surface area (Å²) in [7, 11) is 0. The Morgan fingerprint density at radius 3 is 2.62 bits per heavy atom. The molecule has 2 aromatic carbocycles. The van der Waals surface area contributed by atoms with Crippen LogP contribution in [0.3, 0.4) is 0 Å². The number of carbonyl (C=O) groups is 1. The van der Waals surface area contributed by atoms with Crippen LogP contribution in [0.25, 0.3) is 5.69 Å². The first kappa shape index (κ1) is 20.4. The number of halogens is 5. The number of nitrogens with one attached hydrogen (secondary N) is 1. The van der Waals surface area contributed by atoms with Crippen molar-refractivity contribution in [2.45, 2.75) is 12.1 Å². The Labute approximate surface area is 167 Å². The fraction of sp³-hybridized carbons (Fsp3) is 0.105. The fourth-order valence-electron chi connectivity index (χ4n) is 2.52. The number of hydrogen-bond acceptors (Lipinski definition) is 3. The van der Waals surface area contributed by atoms with Gasteiger partial charge in [0.25, 0.3) is 5.91 Å². The minimum Gasteiger partial charge on any atom is -0.318 e. The molecule has 3 aromatic rings. The zero-order chi connectivity index (χ0) is 21.2. The normalized spacial score (nSPS) is 11.2. The van der Waals surface area contributed by atoms with Crippen molar-refractivity contribution in [1.82, 2.24) is 9.78 Å². The van der Waals surface area contributed by atoms with E-state index >= 15 is 0 Å². The van der Waals surface area contributed by atoms with Gasteiger partial charge in [0, 0.05) is 11.9 Å². The molecule has 1 heterocycles. The molecule has 10 heteroatoms. The smallest absolute Gasteiger partial charge is 0.318 e. The van der Waals surface area contributed by atoms with Crippen LogP contribution in [0.15, 0.2) is 48.5 Å². The number of alkyl halides is 4. The maximum Gasteiger partial charge on any atom is 0.435 e. The summed E-state index contributed by atoms with van der Waals surface area (Å²) < 4.78 is 54.2. The molecule has 0 atom stereocenters. The Morgan fingerprint density at radius 2 is 1.97 bits per heavy atom. The molecule has 0 saturated heterocycles. The van der Waals surface area contributed by atoms with E-state index in [2.05, 4.69) is 10.4 Å². The highest BCUT2D eigenvalue weighted by atomic mass is 35.5. The van der Waals surface area contributed by atoms with E-state index < -0.39 is 29.3 Å². The van der Waals surface area contributed by atoms with Crippen molar-refractivity contribution in [3.8, 4) is 11.8 Å². The maximum absolute atomic E-state index is 14.0. The highest BCUT2D eigenvalue weighted by Gasteiger charge is 2.36. The molecule has 0 unspecified atom stereocenters. The van der Waals surface area contributed by atoms with Crippen molar-refractivity contribution >= 4 is 23.2 Å². The second-order valence-electron chi connectivity index (χ2n) is 5.89. The van der Waals surface area contributed by atoms with Crippen molar-refractivity contribution in [2.75, 3.05) is 5.32 Å². The van der Waals surface area contributed by atoms with Crippen LogP contribution < -0.4 is 5.32 Å². The lowest BCUT2D eigenvalue weighted by atomic mass is 10.2. The summed E-state index contributed by atoms with van der Waals surface area (Å²) in [6, 6.07) is 11.7. The highest BCUT2D eigenvalue weighted by molar-refractivity contribution is 6.17. The Kier molecular flexibility index (Phi) is 5.57. The van der Waals surface area contributed by atoms with E-state index in [1.54, 1.807) is 0 Å². The summed E-state index contributed by atoms with van der Waals surface area (Å²) in [4.78, 5) is 12.7. The van der Waals surface area contributed by atoms with Gasteiger partial charge in [-0.15, -0.1) is 11.6 Å². The number of nitriles is 1. The summed E-state index contributed by atoms with van der Waals surface area (Å²) in [5, 5.41) is 14.7. The van der Waals surface area contributed by atoms with Crippen molar-refractivity contribution in [2.24, 2.45) is 0 Å². The summed E-state index contributed by atoms with van der Waals surface area (Å²) >= 11 is 5.69. The van der Waals surface area contributed by atoms with Gasteiger partial charge in [-0.1, -0.05) is 12.1 Å². The quantitative estimate of drug-likeness (QED) is 0.480.